The standard InChI is InChI=1S/C12H12F6O2/c1-3-7-6(2)8(7)4-5-9(19)20-10(11(13,14)15)12(16,17)18/h4-5,7-8,10H,2-3H2,1H3/b5-4+. The lowest BCUT2D eigenvalue weighted by molar-refractivity contribution is -0.312. The summed E-state index contributed by atoms with van der Waals surface area (Å²) in [5.74, 6) is -1.76. The molecule has 2 nitrogen and oxygen atoms in total. The van der Waals surface area contributed by atoms with E-state index in [-0.39, 0.29) is 11.8 Å². The topological polar surface area (TPSA) is 26.3 Å². The molecule has 0 radical (unpaired) electrons. The molecular formula is C12H12F6O2. The number of hydrogen-bond donors (Lipinski definition) is 0. The minimum atomic E-state index is -5.70. The Morgan fingerprint density at radius 2 is 1.80 bits per heavy atom. The zero-order valence-electron chi connectivity index (χ0n) is 10.4. The van der Waals surface area contributed by atoms with Gasteiger partial charge in [0.1, 0.15) is 0 Å². The molecule has 0 N–H and O–H groups in total. The maximum Gasteiger partial charge on any atom is 0.434 e. The van der Waals surface area contributed by atoms with E-state index in [4.69, 9.17) is 0 Å². The zero-order valence-corrected chi connectivity index (χ0v) is 10.4. The zero-order chi connectivity index (χ0) is 15.7. The normalized spacial score (nSPS) is 23.5. The van der Waals surface area contributed by atoms with Crippen molar-refractivity contribution in [2.24, 2.45) is 11.8 Å². The highest BCUT2D eigenvalue weighted by Crippen LogP contribution is 2.47. The molecule has 0 amide bonds. The molecule has 0 aromatic heterocycles. The first-order valence-electron chi connectivity index (χ1n) is 5.69. The minimum absolute atomic E-state index is 0.111. The number of hydrogen-bond acceptors (Lipinski definition) is 2. The van der Waals surface area contributed by atoms with Gasteiger partial charge < -0.3 is 4.74 Å². The summed E-state index contributed by atoms with van der Waals surface area (Å²) in [4.78, 5) is 11.0. The number of carbonyl (C=O) groups excluding carboxylic acids is 1. The van der Waals surface area contributed by atoms with Crippen molar-refractivity contribution in [3.05, 3.63) is 24.3 Å². The first-order valence-corrected chi connectivity index (χ1v) is 5.69. The van der Waals surface area contributed by atoms with Gasteiger partial charge in [0.2, 0.25) is 0 Å². The summed E-state index contributed by atoms with van der Waals surface area (Å²) in [6.07, 6.45) is -13.0. The van der Waals surface area contributed by atoms with Crippen molar-refractivity contribution in [2.75, 3.05) is 0 Å². The lowest BCUT2D eigenvalue weighted by Gasteiger charge is -2.22. The Morgan fingerprint density at radius 1 is 1.30 bits per heavy atom. The average molecular weight is 302 g/mol. The SMILES string of the molecule is C=C1C(/C=C/C(=O)OC(C(F)(F)F)C(F)(F)F)C1CC. The van der Waals surface area contributed by atoms with Crippen LogP contribution in [-0.4, -0.2) is 24.4 Å². The molecule has 0 aromatic rings. The van der Waals surface area contributed by atoms with Gasteiger partial charge >= 0.3 is 18.3 Å². The van der Waals surface area contributed by atoms with Crippen LogP contribution in [0, 0.1) is 11.8 Å². The number of alkyl halides is 6. The number of halogens is 6. The highest BCUT2D eigenvalue weighted by Gasteiger charge is 2.59. The molecule has 8 heteroatoms. The van der Waals surface area contributed by atoms with Crippen LogP contribution in [0.15, 0.2) is 24.3 Å². The molecule has 0 bridgehead atoms. The van der Waals surface area contributed by atoms with Gasteiger partial charge in [-0.2, -0.15) is 26.3 Å². The fourth-order valence-corrected chi connectivity index (χ4v) is 1.83. The Balaban J connectivity index is 2.65. The summed E-state index contributed by atoms with van der Waals surface area (Å²) >= 11 is 0. The van der Waals surface area contributed by atoms with Crippen molar-refractivity contribution in [1.29, 1.82) is 0 Å². The van der Waals surface area contributed by atoms with Gasteiger partial charge in [0.15, 0.2) is 0 Å². The second-order valence-corrected chi connectivity index (χ2v) is 4.37. The van der Waals surface area contributed by atoms with Gasteiger partial charge in [-0.3, -0.25) is 0 Å². The van der Waals surface area contributed by atoms with Gasteiger partial charge in [0, 0.05) is 12.0 Å². The molecular weight excluding hydrogens is 290 g/mol. The van der Waals surface area contributed by atoms with E-state index < -0.39 is 24.4 Å². The highest BCUT2D eigenvalue weighted by molar-refractivity contribution is 5.82. The van der Waals surface area contributed by atoms with E-state index in [2.05, 4.69) is 11.3 Å². The maximum absolute atomic E-state index is 12.1. The third kappa shape index (κ3) is 4.01. The lowest BCUT2D eigenvalue weighted by atomic mass is 10.2. The Hall–Kier alpha value is -1.47. The third-order valence-electron chi connectivity index (χ3n) is 2.94. The quantitative estimate of drug-likeness (QED) is 0.342. The second kappa shape index (κ2) is 5.49. The highest BCUT2D eigenvalue weighted by atomic mass is 19.4. The van der Waals surface area contributed by atoms with Gasteiger partial charge in [0.05, 0.1) is 0 Å². The van der Waals surface area contributed by atoms with Gasteiger partial charge in [-0.05, 0) is 12.3 Å². The lowest BCUT2D eigenvalue weighted by Crippen LogP contribution is -2.45. The number of ether oxygens (including phenoxy) is 1. The Kier molecular flexibility index (Phi) is 4.55. The van der Waals surface area contributed by atoms with Crippen molar-refractivity contribution in [3.8, 4) is 0 Å². The van der Waals surface area contributed by atoms with Gasteiger partial charge in [0.25, 0.3) is 6.10 Å². The van der Waals surface area contributed by atoms with Crippen LogP contribution in [0.2, 0.25) is 0 Å². The van der Waals surface area contributed by atoms with Crippen LogP contribution < -0.4 is 0 Å². The molecule has 1 aliphatic carbocycles. The van der Waals surface area contributed by atoms with Crippen LogP contribution in [0.3, 0.4) is 0 Å². The molecule has 0 spiro atoms. The molecule has 20 heavy (non-hydrogen) atoms. The van der Waals surface area contributed by atoms with Crippen LogP contribution in [0.4, 0.5) is 26.3 Å². The van der Waals surface area contributed by atoms with Gasteiger partial charge in [-0.15, -0.1) is 0 Å². The van der Waals surface area contributed by atoms with Crippen molar-refractivity contribution in [2.45, 2.75) is 31.8 Å². The Labute approximate surface area is 111 Å². The predicted octanol–water partition coefficient (Wildman–Crippen LogP) is 3.79. The van der Waals surface area contributed by atoms with E-state index >= 15 is 0 Å². The molecule has 0 aromatic carbocycles. The van der Waals surface area contributed by atoms with E-state index in [9.17, 15) is 31.1 Å². The smallest absolute Gasteiger partial charge is 0.434 e. The first kappa shape index (κ1) is 16.6. The summed E-state index contributed by atoms with van der Waals surface area (Å²) in [5, 5.41) is 0. The van der Waals surface area contributed by atoms with Crippen molar-refractivity contribution < 1.29 is 35.9 Å². The summed E-state index contributed by atoms with van der Waals surface area (Å²) < 4.78 is 76.2. The molecule has 0 heterocycles. The average Bonchev–Trinajstić information content (AvgIpc) is 2.90. The molecule has 0 aliphatic heterocycles. The molecule has 2 unspecified atom stereocenters. The second-order valence-electron chi connectivity index (χ2n) is 4.37. The summed E-state index contributed by atoms with van der Waals surface area (Å²) in [6.45, 7) is 5.51. The van der Waals surface area contributed by atoms with E-state index in [0.29, 0.717) is 6.08 Å². The summed E-state index contributed by atoms with van der Waals surface area (Å²) in [7, 11) is 0. The third-order valence-corrected chi connectivity index (χ3v) is 2.94. The Bertz CT molecular complexity index is 407. The Morgan fingerprint density at radius 3 is 2.15 bits per heavy atom. The number of esters is 1. The monoisotopic (exact) mass is 302 g/mol. The molecule has 2 atom stereocenters. The van der Waals surface area contributed by atoms with E-state index in [1.807, 2.05) is 6.92 Å². The number of carbonyl (C=O) groups is 1. The molecule has 0 saturated heterocycles. The minimum Gasteiger partial charge on any atom is -0.440 e. The van der Waals surface area contributed by atoms with E-state index in [0.717, 1.165) is 12.0 Å². The molecule has 1 saturated carbocycles. The van der Waals surface area contributed by atoms with Crippen molar-refractivity contribution in [3.63, 3.8) is 0 Å². The van der Waals surface area contributed by atoms with Crippen LogP contribution >= 0.6 is 0 Å². The number of allylic oxidation sites excluding steroid dienone is 2. The van der Waals surface area contributed by atoms with Gasteiger partial charge in [-0.1, -0.05) is 25.2 Å². The fourth-order valence-electron chi connectivity index (χ4n) is 1.83. The predicted molar refractivity (Wildman–Crippen MR) is 57.5 cm³/mol. The van der Waals surface area contributed by atoms with Crippen LogP contribution in [-0.2, 0) is 9.53 Å². The maximum atomic E-state index is 12.1. The van der Waals surface area contributed by atoms with E-state index in [1.165, 1.54) is 6.08 Å². The first-order chi connectivity index (χ1) is 8.98. The van der Waals surface area contributed by atoms with Crippen LogP contribution in [0.25, 0.3) is 0 Å². The van der Waals surface area contributed by atoms with Gasteiger partial charge in [-0.25, -0.2) is 4.79 Å². The van der Waals surface area contributed by atoms with E-state index in [1.54, 1.807) is 0 Å². The molecule has 1 rings (SSSR count). The molecule has 1 aliphatic rings. The van der Waals surface area contributed by atoms with Crippen LogP contribution in [0.1, 0.15) is 13.3 Å². The molecule has 1 fully saturated rings. The van der Waals surface area contributed by atoms with Crippen molar-refractivity contribution >= 4 is 5.97 Å². The number of rotatable bonds is 4. The fraction of sp³-hybridized carbons (Fsp3) is 0.583. The largest absolute Gasteiger partial charge is 0.440 e. The van der Waals surface area contributed by atoms with Crippen LogP contribution in [0.5, 0.6) is 0 Å². The molecule has 114 valence electrons. The summed E-state index contributed by atoms with van der Waals surface area (Å²) in [6, 6.07) is 0. The summed E-state index contributed by atoms with van der Waals surface area (Å²) in [5.41, 5.74) is 0.791. The van der Waals surface area contributed by atoms with Crippen molar-refractivity contribution in [1.82, 2.24) is 0 Å².